The van der Waals surface area contributed by atoms with Gasteiger partial charge in [0.1, 0.15) is 5.57 Å². The molecule has 1 aromatic heterocycles. The van der Waals surface area contributed by atoms with Crippen molar-refractivity contribution in [3.8, 4) is 5.69 Å². The fraction of sp³-hybridized carbons (Fsp3) is 0.0455. The molecule has 1 fully saturated rings. The summed E-state index contributed by atoms with van der Waals surface area (Å²) >= 11 is 8.51. The van der Waals surface area contributed by atoms with E-state index >= 15 is 0 Å². The average molecular weight is 520 g/mol. The number of hydrogen-bond donors (Lipinski definition) is 1. The molecular formula is C22H13BrF3N3O2S. The number of halogens is 4. The first-order chi connectivity index (χ1) is 15.1. The highest BCUT2D eigenvalue weighted by Crippen LogP contribution is 2.31. The van der Waals surface area contributed by atoms with Crippen LogP contribution in [0.15, 0.2) is 76.9 Å². The predicted molar refractivity (Wildman–Crippen MR) is 121 cm³/mol. The molecule has 5 nitrogen and oxygen atoms in total. The molecule has 1 saturated heterocycles. The number of rotatable bonds is 3. The van der Waals surface area contributed by atoms with Gasteiger partial charge in [-0.1, -0.05) is 28.1 Å². The minimum absolute atomic E-state index is 0.0662. The fourth-order valence-electron chi connectivity index (χ4n) is 3.23. The molecule has 1 aliphatic heterocycles. The van der Waals surface area contributed by atoms with Gasteiger partial charge >= 0.3 is 6.18 Å². The molecule has 0 saturated carbocycles. The highest BCUT2D eigenvalue weighted by molar-refractivity contribution is 9.10. The molecule has 0 unspecified atom stereocenters. The standard InChI is InChI=1S/C22H13BrF3N3O2S/c23-14-5-2-7-17(11-14)29-20(31)18(19(30)27-21(29)32)12-16-8-3-9-28(16)15-6-1-4-13(10-15)22(24,25)26/h1-12H,(H,27,30,32)/b18-12-. The molecule has 2 amide bonds. The van der Waals surface area contributed by atoms with Crippen LogP contribution in [-0.2, 0) is 15.8 Å². The number of carbonyl (C=O) groups is 2. The third-order valence-corrected chi connectivity index (χ3v) is 5.47. The maximum atomic E-state index is 13.2. The Morgan fingerprint density at radius 1 is 0.969 bits per heavy atom. The number of hydrogen-bond acceptors (Lipinski definition) is 3. The molecule has 1 aliphatic rings. The summed E-state index contributed by atoms with van der Waals surface area (Å²) in [6, 6.07) is 14.8. The first kappa shape index (κ1) is 22.0. The summed E-state index contributed by atoms with van der Waals surface area (Å²) in [5.41, 5.74) is 0.0311. The van der Waals surface area contributed by atoms with Crippen LogP contribution in [0.1, 0.15) is 11.3 Å². The Bertz CT molecular complexity index is 1280. The van der Waals surface area contributed by atoms with E-state index in [1.54, 1.807) is 42.6 Å². The first-order valence-electron chi connectivity index (χ1n) is 9.17. The van der Waals surface area contributed by atoms with E-state index in [2.05, 4.69) is 21.2 Å². The van der Waals surface area contributed by atoms with E-state index in [1.807, 2.05) is 0 Å². The molecule has 4 rings (SSSR count). The molecule has 10 heteroatoms. The SMILES string of the molecule is O=C1NC(=S)N(c2cccc(Br)c2)C(=O)/C1=C\c1cccn1-c1cccc(C(F)(F)F)c1. The second kappa shape index (κ2) is 8.36. The number of nitrogens with one attached hydrogen (secondary N) is 1. The van der Waals surface area contributed by atoms with Crippen molar-refractivity contribution in [3.63, 3.8) is 0 Å². The van der Waals surface area contributed by atoms with Crippen molar-refractivity contribution >= 4 is 56.8 Å². The average Bonchev–Trinajstić information content (AvgIpc) is 3.19. The van der Waals surface area contributed by atoms with E-state index in [-0.39, 0.29) is 16.4 Å². The minimum atomic E-state index is -4.50. The summed E-state index contributed by atoms with van der Waals surface area (Å²) in [6.07, 6.45) is -1.63. The molecule has 0 bridgehead atoms. The maximum absolute atomic E-state index is 13.2. The lowest BCUT2D eigenvalue weighted by Gasteiger charge is -2.29. The van der Waals surface area contributed by atoms with Crippen molar-refractivity contribution in [2.75, 3.05) is 4.90 Å². The highest BCUT2D eigenvalue weighted by Gasteiger charge is 2.35. The van der Waals surface area contributed by atoms with E-state index in [1.165, 1.54) is 27.7 Å². The molecule has 32 heavy (non-hydrogen) atoms. The molecule has 0 spiro atoms. The summed E-state index contributed by atoms with van der Waals surface area (Å²) in [5, 5.41) is 2.42. The van der Waals surface area contributed by atoms with E-state index in [0.29, 0.717) is 15.9 Å². The van der Waals surface area contributed by atoms with Crippen LogP contribution >= 0.6 is 28.1 Å². The maximum Gasteiger partial charge on any atom is 0.416 e. The van der Waals surface area contributed by atoms with Crippen LogP contribution < -0.4 is 10.2 Å². The number of thiocarbonyl (C=S) groups is 1. The number of nitrogens with zero attached hydrogens (tertiary/aromatic N) is 2. The number of amides is 2. The highest BCUT2D eigenvalue weighted by atomic mass is 79.9. The number of benzene rings is 2. The molecule has 0 radical (unpaired) electrons. The summed E-state index contributed by atoms with van der Waals surface area (Å²) in [4.78, 5) is 26.9. The van der Waals surface area contributed by atoms with Gasteiger partial charge in [0.15, 0.2) is 5.11 Å². The Hall–Kier alpha value is -3.24. The molecule has 162 valence electrons. The summed E-state index contributed by atoms with van der Waals surface area (Å²) in [5.74, 6) is -1.34. The Labute approximate surface area is 194 Å². The third-order valence-electron chi connectivity index (χ3n) is 4.69. The minimum Gasteiger partial charge on any atom is -0.317 e. The van der Waals surface area contributed by atoms with Crippen molar-refractivity contribution in [2.24, 2.45) is 0 Å². The van der Waals surface area contributed by atoms with Gasteiger partial charge in [0, 0.05) is 22.1 Å². The smallest absolute Gasteiger partial charge is 0.317 e. The van der Waals surface area contributed by atoms with Gasteiger partial charge in [0.2, 0.25) is 0 Å². The van der Waals surface area contributed by atoms with Crippen LogP contribution in [-0.4, -0.2) is 21.5 Å². The zero-order valence-corrected chi connectivity index (χ0v) is 18.5. The van der Waals surface area contributed by atoms with Gasteiger partial charge in [0.25, 0.3) is 11.8 Å². The molecule has 3 aromatic rings. The van der Waals surface area contributed by atoms with Crippen LogP contribution in [0.2, 0.25) is 0 Å². The van der Waals surface area contributed by atoms with Gasteiger partial charge in [-0.25, -0.2) is 0 Å². The molecule has 1 N–H and O–H groups in total. The van der Waals surface area contributed by atoms with Crippen molar-refractivity contribution in [2.45, 2.75) is 6.18 Å². The number of aromatic nitrogens is 1. The van der Waals surface area contributed by atoms with Crippen LogP contribution in [0.3, 0.4) is 0 Å². The second-order valence-corrected chi connectivity index (χ2v) is 8.09. The second-order valence-electron chi connectivity index (χ2n) is 6.79. The van der Waals surface area contributed by atoms with Crippen molar-refractivity contribution in [1.29, 1.82) is 0 Å². The van der Waals surface area contributed by atoms with Crippen molar-refractivity contribution in [1.82, 2.24) is 9.88 Å². The summed E-state index contributed by atoms with van der Waals surface area (Å²) in [6.45, 7) is 0. The quantitative estimate of drug-likeness (QED) is 0.298. The molecule has 2 aromatic carbocycles. The van der Waals surface area contributed by atoms with Gasteiger partial charge in [-0.15, -0.1) is 0 Å². The van der Waals surface area contributed by atoms with E-state index in [0.717, 1.165) is 12.1 Å². The largest absolute Gasteiger partial charge is 0.416 e. The molecule has 0 aliphatic carbocycles. The van der Waals surface area contributed by atoms with Gasteiger partial charge < -0.3 is 4.57 Å². The zero-order chi connectivity index (χ0) is 23.0. The molecule has 2 heterocycles. The van der Waals surface area contributed by atoms with Gasteiger partial charge in [-0.3, -0.25) is 19.8 Å². The first-order valence-corrected chi connectivity index (χ1v) is 10.4. The predicted octanol–water partition coefficient (Wildman–Crippen LogP) is 5.09. The number of anilines is 1. The van der Waals surface area contributed by atoms with Crippen LogP contribution in [0.4, 0.5) is 18.9 Å². The van der Waals surface area contributed by atoms with Crippen molar-refractivity contribution in [3.05, 3.63) is 88.2 Å². The van der Waals surface area contributed by atoms with Crippen LogP contribution in [0.25, 0.3) is 11.8 Å². The fourth-order valence-corrected chi connectivity index (χ4v) is 3.90. The van der Waals surface area contributed by atoms with E-state index in [4.69, 9.17) is 12.2 Å². The van der Waals surface area contributed by atoms with Gasteiger partial charge in [0.05, 0.1) is 11.3 Å². The van der Waals surface area contributed by atoms with Crippen LogP contribution in [0, 0.1) is 0 Å². The molecular weight excluding hydrogens is 507 g/mol. The Morgan fingerprint density at radius 3 is 2.41 bits per heavy atom. The monoisotopic (exact) mass is 519 g/mol. The number of alkyl halides is 3. The summed E-state index contributed by atoms with van der Waals surface area (Å²) in [7, 11) is 0. The Kier molecular flexibility index (Phi) is 5.74. The van der Waals surface area contributed by atoms with Crippen molar-refractivity contribution < 1.29 is 22.8 Å². The van der Waals surface area contributed by atoms with Gasteiger partial charge in [-0.05, 0) is 66.8 Å². The lowest BCUT2D eigenvalue weighted by Crippen LogP contribution is -2.54. The van der Waals surface area contributed by atoms with E-state index < -0.39 is 23.6 Å². The summed E-state index contributed by atoms with van der Waals surface area (Å²) < 4.78 is 41.5. The van der Waals surface area contributed by atoms with E-state index in [9.17, 15) is 22.8 Å². The number of carbonyl (C=O) groups excluding carboxylic acids is 2. The Balaban J connectivity index is 1.75. The lowest BCUT2D eigenvalue weighted by molar-refractivity contribution is -0.137. The molecule has 0 atom stereocenters. The van der Waals surface area contributed by atoms with Crippen LogP contribution in [0.5, 0.6) is 0 Å². The zero-order valence-electron chi connectivity index (χ0n) is 16.1. The third kappa shape index (κ3) is 4.23. The van der Waals surface area contributed by atoms with Gasteiger partial charge in [-0.2, -0.15) is 13.2 Å². The normalized spacial score (nSPS) is 15.9. The lowest BCUT2D eigenvalue weighted by atomic mass is 10.1. The topological polar surface area (TPSA) is 54.3 Å². The Morgan fingerprint density at radius 2 is 1.69 bits per heavy atom.